The summed E-state index contributed by atoms with van der Waals surface area (Å²) in [5.41, 5.74) is 2.11. The molecule has 0 bridgehead atoms. The molecule has 1 saturated carbocycles. The lowest BCUT2D eigenvalue weighted by atomic mass is 9.72. The van der Waals surface area contributed by atoms with E-state index in [1.165, 1.54) is 49.8 Å². The van der Waals surface area contributed by atoms with Gasteiger partial charge in [0.2, 0.25) is 0 Å². The molecule has 1 aromatic rings. The summed E-state index contributed by atoms with van der Waals surface area (Å²) in [5, 5.41) is 11.3. The van der Waals surface area contributed by atoms with Crippen molar-refractivity contribution in [3.8, 4) is 0 Å². The molecule has 1 aliphatic carbocycles. The minimum absolute atomic E-state index is 0.572. The number of benzene rings is 1. The molecule has 0 amide bonds. The highest BCUT2D eigenvalue weighted by Gasteiger charge is 2.42. The zero-order valence-corrected chi connectivity index (χ0v) is 12.2. The molecule has 2 nitrogen and oxygen atoms in total. The predicted molar refractivity (Wildman–Crippen MR) is 80.8 cm³/mol. The largest absolute Gasteiger partial charge is 0.385 e. The second-order valence-electron chi connectivity index (χ2n) is 7.03. The van der Waals surface area contributed by atoms with Crippen LogP contribution in [0.25, 0.3) is 0 Å². The third-order valence-corrected chi connectivity index (χ3v) is 5.89. The van der Waals surface area contributed by atoms with Crippen molar-refractivity contribution in [1.82, 2.24) is 4.90 Å². The molecule has 20 heavy (non-hydrogen) atoms. The van der Waals surface area contributed by atoms with Crippen LogP contribution in [0, 0.1) is 0 Å². The van der Waals surface area contributed by atoms with E-state index < -0.39 is 5.60 Å². The van der Waals surface area contributed by atoms with Crippen molar-refractivity contribution in [2.75, 3.05) is 13.1 Å². The van der Waals surface area contributed by atoms with Gasteiger partial charge in [-0.15, -0.1) is 0 Å². The van der Waals surface area contributed by atoms with Crippen molar-refractivity contribution in [2.45, 2.75) is 62.5 Å². The van der Waals surface area contributed by atoms with E-state index in [1.807, 2.05) is 0 Å². The minimum Gasteiger partial charge on any atom is -0.385 e. The van der Waals surface area contributed by atoms with Gasteiger partial charge in [0.05, 0.1) is 5.60 Å². The van der Waals surface area contributed by atoms with Gasteiger partial charge in [0.1, 0.15) is 0 Å². The summed E-state index contributed by atoms with van der Waals surface area (Å²) in [6.45, 7) is 2.31. The Morgan fingerprint density at radius 3 is 2.70 bits per heavy atom. The minimum atomic E-state index is -0.572. The Balaban J connectivity index is 1.65. The molecule has 2 aliphatic heterocycles. The first-order valence-electron chi connectivity index (χ1n) is 8.32. The SMILES string of the molecule is OC1(c2ccccc2C2CCC2)CCN2CCCC2C1. The van der Waals surface area contributed by atoms with Gasteiger partial charge in [-0.3, -0.25) is 0 Å². The molecule has 4 rings (SSSR count). The molecular weight excluding hydrogens is 246 g/mol. The van der Waals surface area contributed by atoms with Crippen molar-refractivity contribution >= 4 is 0 Å². The van der Waals surface area contributed by atoms with Crippen LogP contribution in [0.5, 0.6) is 0 Å². The average Bonchev–Trinajstić information content (AvgIpc) is 2.84. The molecule has 2 heterocycles. The van der Waals surface area contributed by atoms with E-state index in [2.05, 4.69) is 29.2 Å². The van der Waals surface area contributed by atoms with Crippen LogP contribution in [0.2, 0.25) is 0 Å². The summed E-state index contributed by atoms with van der Waals surface area (Å²) in [6, 6.07) is 9.32. The fourth-order valence-corrected chi connectivity index (χ4v) is 4.48. The number of aliphatic hydroxyl groups is 1. The summed E-state index contributed by atoms with van der Waals surface area (Å²) in [4.78, 5) is 2.58. The summed E-state index contributed by atoms with van der Waals surface area (Å²) in [7, 11) is 0. The molecule has 2 saturated heterocycles. The van der Waals surface area contributed by atoms with E-state index in [-0.39, 0.29) is 0 Å². The molecule has 0 radical (unpaired) electrons. The van der Waals surface area contributed by atoms with E-state index in [9.17, 15) is 5.11 Å². The maximum atomic E-state index is 11.3. The second-order valence-corrected chi connectivity index (χ2v) is 7.03. The van der Waals surface area contributed by atoms with Crippen LogP contribution >= 0.6 is 0 Å². The summed E-state index contributed by atoms with van der Waals surface area (Å²) in [6.07, 6.45) is 8.40. The smallest absolute Gasteiger partial charge is 0.0926 e. The molecule has 3 aliphatic rings. The van der Waals surface area contributed by atoms with Crippen LogP contribution in [0.15, 0.2) is 24.3 Å². The number of nitrogens with zero attached hydrogens (tertiary/aromatic N) is 1. The molecule has 1 N–H and O–H groups in total. The lowest BCUT2D eigenvalue weighted by Gasteiger charge is -2.43. The van der Waals surface area contributed by atoms with Crippen molar-refractivity contribution < 1.29 is 5.11 Å². The zero-order valence-electron chi connectivity index (χ0n) is 12.2. The number of hydrogen-bond donors (Lipinski definition) is 1. The predicted octanol–water partition coefficient (Wildman–Crippen LogP) is 3.40. The highest BCUT2D eigenvalue weighted by Crippen LogP contribution is 2.45. The molecule has 0 spiro atoms. The first kappa shape index (κ1) is 12.8. The molecule has 2 heteroatoms. The van der Waals surface area contributed by atoms with Crippen LogP contribution in [0.3, 0.4) is 0 Å². The van der Waals surface area contributed by atoms with Gasteiger partial charge in [-0.1, -0.05) is 30.7 Å². The monoisotopic (exact) mass is 271 g/mol. The number of hydrogen-bond acceptors (Lipinski definition) is 2. The molecular formula is C18H25NO. The number of rotatable bonds is 2. The Kier molecular flexibility index (Phi) is 3.12. The van der Waals surface area contributed by atoms with Crippen molar-refractivity contribution in [1.29, 1.82) is 0 Å². The highest BCUT2D eigenvalue weighted by atomic mass is 16.3. The first-order chi connectivity index (χ1) is 9.76. The quantitative estimate of drug-likeness (QED) is 0.891. The fraction of sp³-hybridized carbons (Fsp3) is 0.667. The second kappa shape index (κ2) is 4.85. The normalized spacial score (nSPS) is 34.8. The lowest BCUT2D eigenvalue weighted by Crippen LogP contribution is -2.46. The molecule has 2 unspecified atom stereocenters. The van der Waals surface area contributed by atoms with Crippen LogP contribution in [-0.2, 0) is 5.60 Å². The Bertz CT molecular complexity index is 496. The standard InChI is InChI=1S/C18H25NO/c20-18(10-12-19-11-4-7-15(19)13-18)17-9-2-1-8-16(17)14-5-3-6-14/h1-2,8-9,14-15,20H,3-7,10-13H2. The fourth-order valence-electron chi connectivity index (χ4n) is 4.48. The van der Waals surface area contributed by atoms with Crippen LogP contribution in [-0.4, -0.2) is 29.1 Å². The third-order valence-electron chi connectivity index (χ3n) is 5.89. The first-order valence-corrected chi connectivity index (χ1v) is 8.32. The van der Waals surface area contributed by atoms with Crippen LogP contribution < -0.4 is 0 Å². The van der Waals surface area contributed by atoms with Gasteiger partial charge in [-0.2, -0.15) is 0 Å². The average molecular weight is 271 g/mol. The van der Waals surface area contributed by atoms with E-state index in [0.717, 1.165) is 19.4 Å². The zero-order chi connectivity index (χ0) is 13.6. The maximum absolute atomic E-state index is 11.3. The van der Waals surface area contributed by atoms with Gasteiger partial charge < -0.3 is 10.0 Å². The molecule has 1 aromatic carbocycles. The van der Waals surface area contributed by atoms with Gasteiger partial charge in [-0.05, 0) is 62.1 Å². The van der Waals surface area contributed by atoms with E-state index >= 15 is 0 Å². The number of fused-ring (bicyclic) bond motifs is 1. The van der Waals surface area contributed by atoms with E-state index in [0.29, 0.717) is 12.0 Å². The molecule has 3 fully saturated rings. The van der Waals surface area contributed by atoms with E-state index in [4.69, 9.17) is 0 Å². The summed E-state index contributed by atoms with van der Waals surface area (Å²) in [5.74, 6) is 0.705. The maximum Gasteiger partial charge on any atom is 0.0926 e. The Morgan fingerprint density at radius 2 is 1.90 bits per heavy atom. The van der Waals surface area contributed by atoms with Gasteiger partial charge in [0, 0.05) is 12.6 Å². The Labute approximate surface area is 121 Å². The summed E-state index contributed by atoms with van der Waals surface area (Å²) < 4.78 is 0. The van der Waals surface area contributed by atoms with Crippen LogP contribution in [0.1, 0.15) is 62.0 Å². The van der Waals surface area contributed by atoms with Gasteiger partial charge in [-0.25, -0.2) is 0 Å². The van der Waals surface area contributed by atoms with Gasteiger partial charge >= 0.3 is 0 Å². The van der Waals surface area contributed by atoms with Crippen LogP contribution in [0.4, 0.5) is 0 Å². The highest BCUT2D eigenvalue weighted by molar-refractivity contribution is 5.37. The number of piperidine rings is 1. The van der Waals surface area contributed by atoms with Gasteiger partial charge in [0.15, 0.2) is 0 Å². The van der Waals surface area contributed by atoms with E-state index in [1.54, 1.807) is 0 Å². The lowest BCUT2D eigenvalue weighted by molar-refractivity contribution is -0.0419. The Hall–Kier alpha value is -0.860. The van der Waals surface area contributed by atoms with Gasteiger partial charge in [0.25, 0.3) is 0 Å². The van der Waals surface area contributed by atoms with Crippen molar-refractivity contribution in [3.63, 3.8) is 0 Å². The van der Waals surface area contributed by atoms with Crippen molar-refractivity contribution in [2.24, 2.45) is 0 Å². The molecule has 0 aromatic heterocycles. The molecule has 2 atom stereocenters. The summed E-state index contributed by atoms with van der Waals surface area (Å²) >= 11 is 0. The Morgan fingerprint density at radius 1 is 1.05 bits per heavy atom. The topological polar surface area (TPSA) is 23.5 Å². The molecule has 108 valence electrons. The third kappa shape index (κ3) is 2.01. The van der Waals surface area contributed by atoms with Crippen molar-refractivity contribution in [3.05, 3.63) is 35.4 Å².